The molecular weight excluding hydrogens is 262 g/mol. The minimum Gasteiger partial charge on any atom is -0.480 e. The zero-order valence-corrected chi connectivity index (χ0v) is 13.2. The Balaban J connectivity index is 2.00. The number of rotatable bonds is 7. The van der Waals surface area contributed by atoms with Crippen molar-refractivity contribution in [2.45, 2.75) is 58.5 Å². The molecule has 0 amide bonds. The first-order valence-electron chi connectivity index (χ1n) is 8.08. The number of carboxylic acid groups (broad SMARTS) is 1. The van der Waals surface area contributed by atoms with Gasteiger partial charge in [0.25, 0.3) is 0 Å². The van der Waals surface area contributed by atoms with Crippen molar-refractivity contribution in [3.05, 3.63) is 35.4 Å². The van der Waals surface area contributed by atoms with E-state index in [4.69, 9.17) is 5.11 Å². The third-order valence-electron chi connectivity index (χ3n) is 4.23. The van der Waals surface area contributed by atoms with Crippen LogP contribution in [0.4, 0.5) is 0 Å². The minimum absolute atomic E-state index is 0.151. The van der Waals surface area contributed by atoms with Gasteiger partial charge in [-0.25, -0.2) is 0 Å². The highest BCUT2D eigenvalue weighted by Crippen LogP contribution is 2.25. The summed E-state index contributed by atoms with van der Waals surface area (Å²) in [7, 11) is 0. The average molecular weight is 289 g/mol. The molecule has 116 valence electrons. The summed E-state index contributed by atoms with van der Waals surface area (Å²) in [5.74, 6) is -0.0591. The molecule has 1 aromatic rings. The van der Waals surface area contributed by atoms with E-state index in [-0.39, 0.29) is 6.54 Å². The highest BCUT2D eigenvalue weighted by atomic mass is 16.4. The zero-order valence-electron chi connectivity index (χ0n) is 13.2. The van der Waals surface area contributed by atoms with Gasteiger partial charge in [-0.3, -0.25) is 9.69 Å². The highest BCUT2D eigenvalue weighted by molar-refractivity contribution is 5.69. The lowest BCUT2D eigenvalue weighted by molar-refractivity contribution is -0.139. The standard InChI is InChI=1S/C18H27NO2/c1-14(2)11-15-7-9-16(10-8-15)12-19(13-18(20)21)17-5-3-4-6-17/h7-10,14,17H,3-6,11-13H2,1-2H3,(H,20,21). The Morgan fingerprint density at radius 3 is 2.29 bits per heavy atom. The Morgan fingerprint density at radius 1 is 1.19 bits per heavy atom. The fourth-order valence-corrected chi connectivity index (χ4v) is 3.24. The number of hydrogen-bond acceptors (Lipinski definition) is 2. The van der Waals surface area contributed by atoms with Crippen LogP contribution in [0, 0.1) is 5.92 Å². The highest BCUT2D eigenvalue weighted by Gasteiger charge is 2.24. The van der Waals surface area contributed by atoms with Crippen LogP contribution in [-0.2, 0) is 17.8 Å². The predicted molar refractivity (Wildman–Crippen MR) is 85.3 cm³/mol. The van der Waals surface area contributed by atoms with Crippen molar-refractivity contribution in [2.75, 3.05) is 6.54 Å². The van der Waals surface area contributed by atoms with Gasteiger partial charge >= 0.3 is 5.97 Å². The van der Waals surface area contributed by atoms with E-state index in [0.29, 0.717) is 12.0 Å². The molecule has 1 fully saturated rings. The summed E-state index contributed by atoms with van der Waals surface area (Å²) in [4.78, 5) is 13.2. The van der Waals surface area contributed by atoms with Crippen LogP contribution in [0.25, 0.3) is 0 Å². The molecule has 1 aliphatic carbocycles. The van der Waals surface area contributed by atoms with E-state index >= 15 is 0 Å². The molecule has 1 aliphatic rings. The second-order valence-corrected chi connectivity index (χ2v) is 6.65. The second-order valence-electron chi connectivity index (χ2n) is 6.65. The van der Waals surface area contributed by atoms with Gasteiger partial charge in [0.2, 0.25) is 0 Å². The number of carboxylic acids is 1. The number of nitrogens with zero attached hydrogens (tertiary/aromatic N) is 1. The summed E-state index contributed by atoms with van der Waals surface area (Å²) in [6.07, 6.45) is 5.83. The van der Waals surface area contributed by atoms with Crippen LogP contribution >= 0.6 is 0 Å². The van der Waals surface area contributed by atoms with Gasteiger partial charge in [-0.1, -0.05) is 51.0 Å². The predicted octanol–water partition coefficient (Wildman–Crippen LogP) is 3.71. The van der Waals surface area contributed by atoms with Crippen LogP contribution in [0.1, 0.15) is 50.7 Å². The molecule has 0 heterocycles. The third kappa shape index (κ3) is 5.16. The van der Waals surface area contributed by atoms with Gasteiger partial charge in [-0.2, -0.15) is 0 Å². The summed E-state index contributed by atoms with van der Waals surface area (Å²) >= 11 is 0. The largest absolute Gasteiger partial charge is 0.480 e. The summed E-state index contributed by atoms with van der Waals surface area (Å²) in [6.45, 7) is 5.35. The molecule has 0 spiro atoms. The number of aliphatic carboxylic acids is 1. The fraction of sp³-hybridized carbons (Fsp3) is 0.611. The first-order valence-corrected chi connectivity index (χ1v) is 8.08. The van der Waals surface area contributed by atoms with E-state index in [1.165, 1.54) is 24.0 Å². The quantitative estimate of drug-likeness (QED) is 0.831. The Morgan fingerprint density at radius 2 is 1.76 bits per heavy atom. The van der Waals surface area contributed by atoms with Crippen LogP contribution < -0.4 is 0 Å². The lowest BCUT2D eigenvalue weighted by Crippen LogP contribution is -2.37. The Hall–Kier alpha value is -1.35. The maximum Gasteiger partial charge on any atom is 0.317 e. The monoisotopic (exact) mass is 289 g/mol. The van der Waals surface area contributed by atoms with Crippen LogP contribution in [0.2, 0.25) is 0 Å². The molecule has 0 atom stereocenters. The summed E-state index contributed by atoms with van der Waals surface area (Å²) in [6, 6.07) is 9.12. The molecule has 0 radical (unpaired) electrons. The molecule has 0 unspecified atom stereocenters. The third-order valence-corrected chi connectivity index (χ3v) is 4.23. The maximum atomic E-state index is 11.1. The molecule has 1 aromatic carbocycles. The van der Waals surface area contributed by atoms with Crippen molar-refractivity contribution >= 4 is 5.97 Å². The van der Waals surface area contributed by atoms with Crippen molar-refractivity contribution in [3.63, 3.8) is 0 Å². The normalized spacial score (nSPS) is 16.0. The molecule has 0 aliphatic heterocycles. The van der Waals surface area contributed by atoms with Gasteiger partial charge in [0.15, 0.2) is 0 Å². The van der Waals surface area contributed by atoms with Gasteiger partial charge in [-0.05, 0) is 36.3 Å². The Bertz CT molecular complexity index is 447. The SMILES string of the molecule is CC(C)Cc1ccc(CN(CC(=O)O)C2CCCC2)cc1. The molecule has 0 bridgehead atoms. The molecule has 21 heavy (non-hydrogen) atoms. The molecular formula is C18H27NO2. The molecule has 0 saturated heterocycles. The van der Waals surface area contributed by atoms with E-state index in [1.807, 2.05) is 0 Å². The first kappa shape index (κ1) is 16.0. The summed E-state index contributed by atoms with van der Waals surface area (Å²) < 4.78 is 0. The molecule has 3 nitrogen and oxygen atoms in total. The molecule has 0 aromatic heterocycles. The van der Waals surface area contributed by atoms with Crippen molar-refractivity contribution in [1.82, 2.24) is 4.90 Å². The van der Waals surface area contributed by atoms with E-state index < -0.39 is 5.97 Å². The Labute approximate surface area is 128 Å². The van der Waals surface area contributed by atoms with Crippen LogP contribution in [0.3, 0.4) is 0 Å². The number of benzene rings is 1. The van der Waals surface area contributed by atoms with Gasteiger partial charge in [0, 0.05) is 12.6 Å². The molecule has 2 rings (SSSR count). The van der Waals surface area contributed by atoms with E-state index in [0.717, 1.165) is 25.8 Å². The maximum absolute atomic E-state index is 11.1. The van der Waals surface area contributed by atoms with Gasteiger partial charge in [-0.15, -0.1) is 0 Å². The van der Waals surface area contributed by atoms with Gasteiger partial charge < -0.3 is 5.11 Å². The van der Waals surface area contributed by atoms with Gasteiger partial charge in [0.05, 0.1) is 6.54 Å². The second kappa shape index (κ2) is 7.60. The Kier molecular flexibility index (Phi) is 5.80. The summed E-state index contributed by atoms with van der Waals surface area (Å²) in [5, 5.41) is 9.12. The van der Waals surface area contributed by atoms with E-state index in [1.54, 1.807) is 0 Å². The van der Waals surface area contributed by atoms with Crippen LogP contribution in [0.5, 0.6) is 0 Å². The van der Waals surface area contributed by atoms with Crippen molar-refractivity contribution in [2.24, 2.45) is 5.92 Å². The van der Waals surface area contributed by atoms with Crippen molar-refractivity contribution in [3.8, 4) is 0 Å². The first-order chi connectivity index (χ1) is 10.0. The number of hydrogen-bond donors (Lipinski definition) is 1. The average Bonchev–Trinajstić information content (AvgIpc) is 2.93. The smallest absolute Gasteiger partial charge is 0.317 e. The van der Waals surface area contributed by atoms with E-state index in [9.17, 15) is 4.79 Å². The lowest BCUT2D eigenvalue weighted by Gasteiger charge is -2.27. The summed E-state index contributed by atoms with van der Waals surface area (Å²) in [5.41, 5.74) is 2.58. The zero-order chi connectivity index (χ0) is 15.2. The number of carbonyl (C=O) groups is 1. The van der Waals surface area contributed by atoms with Crippen molar-refractivity contribution in [1.29, 1.82) is 0 Å². The fourth-order valence-electron chi connectivity index (χ4n) is 3.24. The lowest BCUT2D eigenvalue weighted by atomic mass is 10.0. The molecule has 1 saturated carbocycles. The molecule has 3 heteroatoms. The topological polar surface area (TPSA) is 40.5 Å². The minimum atomic E-state index is -0.724. The van der Waals surface area contributed by atoms with Crippen LogP contribution in [-0.4, -0.2) is 28.6 Å². The van der Waals surface area contributed by atoms with E-state index in [2.05, 4.69) is 43.0 Å². The van der Waals surface area contributed by atoms with Crippen LogP contribution in [0.15, 0.2) is 24.3 Å². The van der Waals surface area contributed by atoms with Gasteiger partial charge in [0.1, 0.15) is 0 Å². The van der Waals surface area contributed by atoms with Crippen molar-refractivity contribution < 1.29 is 9.90 Å². The molecule has 1 N–H and O–H groups in total.